The number of methoxy groups -OCH3 is 2. The number of nitrogens with one attached hydrogen (secondary N) is 1. The SMILES string of the molecule is COc1cc(/C=C/NC(=O)C(C2CSc3ccc(Cl)cc32)P(C)(=O)O)cc(OC)c1. The number of thioether (sulfide) groups is 1. The number of rotatable bonds is 7. The summed E-state index contributed by atoms with van der Waals surface area (Å²) in [5, 5.41) is 3.20. The predicted molar refractivity (Wildman–Crippen MR) is 121 cm³/mol. The van der Waals surface area contributed by atoms with E-state index in [0.717, 1.165) is 16.0 Å². The number of carbonyl (C=O) groups excluding carboxylic acids is 1. The second-order valence-electron chi connectivity index (χ2n) is 6.98. The van der Waals surface area contributed by atoms with Crippen LogP contribution in [0.1, 0.15) is 17.0 Å². The molecule has 3 atom stereocenters. The van der Waals surface area contributed by atoms with Gasteiger partial charge in [0, 0.05) is 40.5 Å². The molecule has 1 heterocycles. The maximum atomic E-state index is 12.9. The summed E-state index contributed by atoms with van der Waals surface area (Å²) in [6, 6.07) is 10.7. The quantitative estimate of drug-likeness (QED) is 0.579. The summed E-state index contributed by atoms with van der Waals surface area (Å²) in [7, 11) is -0.624. The zero-order valence-corrected chi connectivity index (χ0v) is 19.3. The number of amides is 1. The van der Waals surface area contributed by atoms with Gasteiger partial charge in [-0.05, 0) is 47.5 Å². The van der Waals surface area contributed by atoms with Gasteiger partial charge in [0.05, 0.1) is 14.2 Å². The normalized spacial score (nSPS) is 18.5. The van der Waals surface area contributed by atoms with Gasteiger partial charge in [0.25, 0.3) is 0 Å². The molecule has 3 rings (SSSR count). The first-order valence-corrected chi connectivity index (χ1v) is 12.7. The molecule has 0 fully saturated rings. The first-order valence-electron chi connectivity index (χ1n) is 9.15. The third-order valence-corrected chi connectivity index (χ3v) is 7.90. The molecule has 30 heavy (non-hydrogen) atoms. The largest absolute Gasteiger partial charge is 0.497 e. The lowest BCUT2D eigenvalue weighted by Gasteiger charge is -2.25. The number of carbonyl (C=O) groups is 1. The summed E-state index contributed by atoms with van der Waals surface area (Å²) in [5.74, 6) is 0.872. The molecule has 1 aliphatic rings. The van der Waals surface area contributed by atoms with E-state index in [4.69, 9.17) is 21.1 Å². The van der Waals surface area contributed by atoms with Gasteiger partial charge in [-0.1, -0.05) is 11.6 Å². The molecule has 0 radical (unpaired) electrons. The molecule has 0 bridgehead atoms. The van der Waals surface area contributed by atoms with Gasteiger partial charge in [0.2, 0.25) is 13.3 Å². The lowest BCUT2D eigenvalue weighted by atomic mass is 9.97. The van der Waals surface area contributed by atoms with Crippen LogP contribution < -0.4 is 14.8 Å². The number of hydrogen-bond donors (Lipinski definition) is 2. The average molecular weight is 468 g/mol. The lowest BCUT2D eigenvalue weighted by molar-refractivity contribution is -0.120. The van der Waals surface area contributed by atoms with Crippen molar-refractivity contribution in [2.45, 2.75) is 16.5 Å². The van der Waals surface area contributed by atoms with E-state index in [1.807, 2.05) is 6.07 Å². The number of ether oxygens (including phenoxy) is 2. The Balaban J connectivity index is 1.81. The van der Waals surface area contributed by atoms with Crippen LogP contribution in [0.2, 0.25) is 5.02 Å². The Bertz CT molecular complexity index is 1000. The molecule has 1 aliphatic heterocycles. The van der Waals surface area contributed by atoms with Crippen LogP contribution in [0.15, 0.2) is 47.5 Å². The third-order valence-electron chi connectivity index (χ3n) is 4.83. The lowest BCUT2D eigenvalue weighted by Crippen LogP contribution is -2.36. The van der Waals surface area contributed by atoms with Crippen LogP contribution >= 0.6 is 30.7 Å². The predicted octanol–water partition coefficient (Wildman–Crippen LogP) is 4.60. The number of hydrogen-bond acceptors (Lipinski definition) is 5. The molecular weight excluding hydrogens is 445 g/mol. The van der Waals surface area contributed by atoms with Gasteiger partial charge in [-0.15, -0.1) is 11.8 Å². The fourth-order valence-electron chi connectivity index (χ4n) is 3.44. The summed E-state index contributed by atoms with van der Waals surface area (Å²) >= 11 is 7.67. The molecule has 1 amide bonds. The van der Waals surface area contributed by atoms with Crippen molar-refractivity contribution in [2.24, 2.45) is 0 Å². The van der Waals surface area contributed by atoms with Crippen molar-refractivity contribution in [3.05, 3.63) is 58.7 Å². The van der Waals surface area contributed by atoms with Crippen molar-refractivity contribution in [1.29, 1.82) is 0 Å². The average Bonchev–Trinajstić information content (AvgIpc) is 3.09. The molecule has 2 N–H and O–H groups in total. The van der Waals surface area contributed by atoms with E-state index < -0.39 is 24.9 Å². The van der Waals surface area contributed by atoms with Gasteiger partial charge in [-0.25, -0.2) is 0 Å². The highest BCUT2D eigenvalue weighted by atomic mass is 35.5. The Hall–Kier alpha value is -1.92. The molecule has 9 heteroatoms. The van der Waals surface area contributed by atoms with Gasteiger partial charge < -0.3 is 19.7 Å². The summed E-state index contributed by atoms with van der Waals surface area (Å²) in [5.41, 5.74) is 0.514. The topological polar surface area (TPSA) is 84.9 Å². The summed E-state index contributed by atoms with van der Waals surface area (Å²) in [6.07, 6.45) is 3.13. The Morgan fingerprint density at radius 3 is 2.53 bits per heavy atom. The highest BCUT2D eigenvalue weighted by Crippen LogP contribution is 2.54. The van der Waals surface area contributed by atoms with E-state index in [9.17, 15) is 14.3 Å². The van der Waals surface area contributed by atoms with Gasteiger partial charge in [-0.2, -0.15) is 0 Å². The second-order valence-corrected chi connectivity index (χ2v) is 10.9. The Morgan fingerprint density at radius 1 is 1.27 bits per heavy atom. The third kappa shape index (κ3) is 5.22. The molecule has 0 saturated carbocycles. The highest BCUT2D eigenvalue weighted by Gasteiger charge is 2.43. The van der Waals surface area contributed by atoms with E-state index >= 15 is 0 Å². The van der Waals surface area contributed by atoms with Gasteiger partial charge in [-0.3, -0.25) is 9.36 Å². The monoisotopic (exact) mass is 467 g/mol. The maximum absolute atomic E-state index is 12.9. The van der Waals surface area contributed by atoms with Crippen molar-refractivity contribution >= 4 is 42.7 Å². The summed E-state index contributed by atoms with van der Waals surface area (Å²) in [4.78, 5) is 24.3. The minimum atomic E-state index is -3.73. The van der Waals surface area contributed by atoms with Crippen LogP contribution in [0.3, 0.4) is 0 Å². The minimum absolute atomic E-state index is 0.394. The number of fused-ring (bicyclic) bond motifs is 1. The second kappa shape index (κ2) is 9.48. The number of halogens is 1. The Labute approximate surface area is 185 Å². The molecule has 160 valence electrons. The Kier molecular flexibility index (Phi) is 7.19. The van der Waals surface area contributed by atoms with Gasteiger partial charge >= 0.3 is 0 Å². The molecule has 2 aromatic carbocycles. The zero-order chi connectivity index (χ0) is 21.9. The highest BCUT2D eigenvalue weighted by molar-refractivity contribution is 7.99. The van der Waals surface area contributed by atoms with E-state index in [0.29, 0.717) is 22.3 Å². The van der Waals surface area contributed by atoms with E-state index in [-0.39, 0.29) is 0 Å². The molecule has 0 spiro atoms. The smallest absolute Gasteiger partial charge is 0.237 e. The van der Waals surface area contributed by atoms with Crippen molar-refractivity contribution in [3.8, 4) is 11.5 Å². The molecule has 2 aromatic rings. The number of benzene rings is 2. The van der Waals surface area contributed by atoms with Crippen molar-refractivity contribution in [2.75, 3.05) is 26.6 Å². The van der Waals surface area contributed by atoms with E-state index in [1.54, 1.807) is 62.4 Å². The molecule has 0 saturated heterocycles. The van der Waals surface area contributed by atoms with Crippen LogP contribution in [0.4, 0.5) is 0 Å². The van der Waals surface area contributed by atoms with Crippen molar-refractivity contribution < 1.29 is 23.7 Å². The summed E-state index contributed by atoms with van der Waals surface area (Å²) in [6.45, 7) is 1.22. The van der Waals surface area contributed by atoms with Crippen LogP contribution in [0.5, 0.6) is 11.5 Å². The maximum Gasteiger partial charge on any atom is 0.237 e. The fraction of sp³-hybridized carbons (Fsp3) is 0.286. The van der Waals surface area contributed by atoms with Gasteiger partial charge in [0.1, 0.15) is 17.2 Å². The Morgan fingerprint density at radius 2 is 1.93 bits per heavy atom. The van der Waals surface area contributed by atoms with E-state index in [2.05, 4.69) is 5.32 Å². The van der Waals surface area contributed by atoms with Crippen LogP contribution in [-0.2, 0) is 9.36 Å². The zero-order valence-electron chi connectivity index (χ0n) is 16.8. The molecule has 0 aromatic heterocycles. The minimum Gasteiger partial charge on any atom is -0.497 e. The van der Waals surface area contributed by atoms with Crippen molar-refractivity contribution in [1.82, 2.24) is 5.32 Å². The molecular formula is C21H23ClNO5PS. The molecule has 0 aliphatic carbocycles. The standard InChI is InChI=1S/C21H23ClNO5PS/c1-27-15-8-13(9-16(11-15)28-2)6-7-23-21(24)20(29(3,25)26)18-12-30-19-5-4-14(22)10-17(18)19/h4-11,18,20H,12H2,1-3H3,(H,23,24)(H,25,26)/b7-6+. The first kappa shape index (κ1) is 22.8. The van der Waals surface area contributed by atoms with Gasteiger partial charge in [0.15, 0.2) is 0 Å². The van der Waals surface area contributed by atoms with Crippen LogP contribution in [-0.4, -0.2) is 43.1 Å². The first-order chi connectivity index (χ1) is 14.2. The summed E-state index contributed by atoms with van der Waals surface area (Å²) < 4.78 is 23.1. The van der Waals surface area contributed by atoms with E-state index in [1.165, 1.54) is 12.9 Å². The molecule has 3 unspecified atom stereocenters. The fourth-order valence-corrected chi connectivity index (χ4v) is 6.48. The van der Waals surface area contributed by atoms with Crippen molar-refractivity contribution in [3.63, 3.8) is 0 Å². The van der Waals surface area contributed by atoms with Crippen LogP contribution in [0.25, 0.3) is 6.08 Å². The molecule has 6 nitrogen and oxygen atoms in total. The van der Waals surface area contributed by atoms with Crippen LogP contribution in [0, 0.1) is 0 Å².